The van der Waals surface area contributed by atoms with E-state index < -0.39 is 6.10 Å². The van der Waals surface area contributed by atoms with E-state index in [0.717, 1.165) is 32.1 Å². The van der Waals surface area contributed by atoms with Gasteiger partial charge < -0.3 is 10.4 Å². The Morgan fingerprint density at radius 2 is 2.10 bits per heavy atom. The van der Waals surface area contributed by atoms with Gasteiger partial charge in [0.2, 0.25) is 5.91 Å². The molecule has 1 heterocycles. The van der Waals surface area contributed by atoms with Crippen molar-refractivity contribution in [3.8, 4) is 0 Å². The van der Waals surface area contributed by atoms with Crippen LogP contribution in [0.25, 0.3) is 0 Å². The lowest BCUT2D eigenvalue weighted by molar-refractivity contribution is -0.126. The zero-order chi connectivity index (χ0) is 14.8. The molecule has 1 atom stereocenters. The minimum absolute atomic E-state index is 0.107. The molecule has 112 valence electrons. The molecule has 1 aromatic heterocycles. The molecular weight excluding hydrogens is 272 g/mol. The van der Waals surface area contributed by atoms with Crippen molar-refractivity contribution in [2.75, 3.05) is 5.32 Å². The van der Waals surface area contributed by atoms with Crippen molar-refractivity contribution >= 4 is 22.4 Å². The third kappa shape index (κ3) is 3.38. The number of aliphatic hydroxyl groups is 1. The Kier molecular flexibility index (Phi) is 4.81. The van der Waals surface area contributed by atoms with Crippen LogP contribution in [0.1, 0.15) is 64.7 Å². The van der Waals surface area contributed by atoms with E-state index in [-0.39, 0.29) is 11.3 Å². The molecule has 0 bridgehead atoms. The highest BCUT2D eigenvalue weighted by molar-refractivity contribution is 7.13. The quantitative estimate of drug-likeness (QED) is 0.870. The summed E-state index contributed by atoms with van der Waals surface area (Å²) in [6.07, 6.45) is 4.58. The van der Waals surface area contributed by atoms with Gasteiger partial charge in [0.05, 0.1) is 11.8 Å². The van der Waals surface area contributed by atoms with Gasteiger partial charge in [0, 0.05) is 10.8 Å². The molecule has 1 aliphatic carbocycles. The number of nitrogens with one attached hydrogen (secondary N) is 1. The van der Waals surface area contributed by atoms with Gasteiger partial charge >= 0.3 is 0 Å². The molecule has 0 aliphatic heterocycles. The Bertz CT molecular complexity index is 462. The molecule has 0 saturated heterocycles. The van der Waals surface area contributed by atoms with Gasteiger partial charge in [-0.3, -0.25) is 4.79 Å². The number of rotatable bonds is 5. The van der Waals surface area contributed by atoms with Crippen LogP contribution >= 0.6 is 11.3 Å². The van der Waals surface area contributed by atoms with Crippen molar-refractivity contribution in [2.45, 2.75) is 59.0 Å². The zero-order valence-electron chi connectivity index (χ0n) is 12.5. The minimum atomic E-state index is -0.590. The zero-order valence-corrected chi connectivity index (χ0v) is 13.3. The van der Waals surface area contributed by atoms with E-state index in [4.69, 9.17) is 0 Å². The summed E-state index contributed by atoms with van der Waals surface area (Å²) in [5.74, 6) is 0.623. The van der Waals surface area contributed by atoms with Crippen molar-refractivity contribution < 1.29 is 9.90 Å². The summed E-state index contributed by atoms with van der Waals surface area (Å²) >= 11 is 1.38. The van der Waals surface area contributed by atoms with Crippen LogP contribution in [0.5, 0.6) is 0 Å². The van der Waals surface area contributed by atoms with Crippen LogP contribution in [0.4, 0.5) is 5.13 Å². The van der Waals surface area contributed by atoms with Gasteiger partial charge in [0.25, 0.3) is 0 Å². The van der Waals surface area contributed by atoms with E-state index in [1.165, 1.54) is 11.3 Å². The van der Waals surface area contributed by atoms with Crippen LogP contribution in [-0.4, -0.2) is 16.0 Å². The maximum absolute atomic E-state index is 12.6. The van der Waals surface area contributed by atoms with Crippen LogP contribution in [0, 0.1) is 11.3 Å². The summed E-state index contributed by atoms with van der Waals surface area (Å²) in [6, 6.07) is 0. The first-order valence-electron chi connectivity index (χ1n) is 7.38. The van der Waals surface area contributed by atoms with E-state index in [9.17, 15) is 9.90 Å². The van der Waals surface area contributed by atoms with E-state index in [1.807, 2.05) is 0 Å². The molecule has 1 aliphatic rings. The Hall–Kier alpha value is -0.940. The summed E-state index contributed by atoms with van der Waals surface area (Å²) in [4.78, 5) is 16.9. The number of anilines is 1. The molecule has 2 N–H and O–H groups in total. The van der Waals surface area contributed by atoms with Gasteiger partial charge in [-0.2, -0.15) is 0 Å². The molecule has 1 fully saturated rings. The van der Waals surface area contributed by atoms with Gasteiger partial charge in [-0.05, 0) is 32.1 Å². The fourth-order valence-electron chi connectivity index (χ4n) is 3.12. The average Bonchev–Trinajstić information content (AvgIpc) is 2.98. The lowest BCUT2D eigenvalue weighted by Gasteiger charge is -2.28. The van der Waals surface area contributed by atoms with Gasteiger partial charge in [0.1, 0.15) is 0 Å². The third-order valence-electron chi connectivity index (χ3n) is 4.01. The molecule has 0 radical (unpaired) electrons. The number of carbonyl (C=O) groups excluding carboxylic acids is 1. The first-order chi connectivity index (χ1) is 9.43. The molecule has 0 spiro atoms. The average molecular weight is 296 g/mol. The molecule has 1 aromatic rings. The van der Waals surface area contributed by atoms with E-state index in [0.29, 0.717) is 16.7 Å². The highest BCUT2D eigenvalue weighted by Crippen LogP contribution is 2.44. The Morgan fingerprint density at radius 3 is 2.60 bits per heavy atom. The molecule has 20 heavy (non-hydrogen) atoms. The van der Waals surface area contributed by atoms with E-state index in [2.05, 4.69) is 24.1 Å². The minimum Gasteiger partial charge on any atom is -0.387 e. The second-order valence-corrected chi connectivity index (χ2v) is 7.15. The molecule has 1 saturated carbocycles. The van der Waals surface area contributed by atoms with Gasteiger partial charge in [-0.25, -0.2) is 4.98 Å². The topological polar surface area (TPSA) is 62.2 Å². The highest BCUT2D eigenvalue weighted by atomic mass is 32.1. The molecule has 2 rings (SSSR count). The van der Waals surface area contributed by atoms with E-state index in [1.54, 1.807) is 12.3 Å². The van der Waals surface area contributed by atoms with Crippen molar-refractivity contribution in [3.63, 3.8) is 0 Å². The number of carbonyl (C=O) groups is 1. The van der Waals surface area contributed by atoms with Crippen molar-refractivity contribution in [2.24, 2.45) is 11.3 Å². The molecule has 0 aromatic carbocycles. The second kappa shape index (κ2) is 6.22. The fraction of sp³-hybridized carbons (Fsp3) is 0.733. The monoisotopic (exact) mass is 296 g/mol. The number of thiazole rings is 1. The molecule has 1 unspecified atom stereocenters. The molecule has 4 nitrogen and oxygen atoms in total. The number of nitrogens with zero attached hydrogens (tertiary/aromatic N) is 1. The summed E-state index contributed by atoms with van der Waals surface area (Å²) in [5, 5.41) is 14.8. The maximum atomic E-state index is 12.6. The summed E-state index contributed by atoms with van der Waals surface area (Å²) in [7, 11) is 0. The summed E-state index contributed by atoms with van der Waals surface area (Å²) < 4.78 is 0. The van der Waals surface area contributed by atoms with E-state index >= 15 is 0 Å². The van der Waals surface area contributed by atoms with Crippen LogP contribution < -0.4 is 5.32 Å². The summed E-state index contributed by atoms with van der Waals surface area (Å²) in [5.41, 5.74) is 0.403. The van der Waals surface area contributed by atoms with Crippen molar-refractivity contribution in [1.82, 2.24) is 4.98 Å². The summed E-state index contributed by atoms with van der Waals surface area (Å²) in [6.45, 7) is 6.02. The predicted octanol–water partition coefficient (Wildman–Crippen LogP) is 3.74. The Morgan fingerprint density at radius 1 is 1.45 bits per heavy atom. The smallest absolute Gasteiger partial charge is 0.232 e. The number of hydrogen-bond donors (Lipinski definition) is 2. The fourth-order valence-corrected chi connectivity index (χ4v) is 3.91. The van der Waals surface area contributed by atoms with Crippen molar-refractivity contribution in [1.29, 1.82) is 0 Å². The van der Waals surface area contributed by atoms with Gasteiger partial charge in [-0.1, -0.05) is 26.7 Å². The largest absolute Gasteiger partial charge is 0.387 e. The van der Waals surface area contributed by atoms with Crippen LogP contribution in [0.2, 0.25) is 0 Å². The maximum Gasteiger partial charge on any atom is 0.232 e. The number of aromatic nitrogens is 1. The Balaban J connectivity index is 2.08. The lowest BCUT2D eigenvalue weighted by atomic mass is 9.78. The molecular formula is C15H24N2O2S. The number of amides is 1. The molecule has 1 amide bonds. The first-order valence-corrected chi connectivity index (χ1v) is 8.26. The number of hydrogen-bond acceptors (Lipinski definition) is 4. The van der Waals surface area contributed by atoms with Crippen LogP contribution in [0.3, 0.4) is 0 Å². The van der Waals surface area contributed by atoms with Crippen LogP contribution in [0.15, 0.2) is 5.38 Å². The van der Waals surface area contributed by atoms with Gasteiger partial charge in [-0.15, -0.1) is 11.3 Å². The predicted molar refractivity (Wildman–Crippen MR) is 81.7 cm³/mol. The Labute approximate surface area is 124 Å². The van der Waals surface area contributed by atoms with Gasteiger partial charge in [0.15, 0.2) is 5.13 Å². The van der Waals surface area contributed by atoms with Crippen LogP contribution in [-0.2, 0) is 4.79 Å². The standard InChI is InChI=1S/C15H24N2O2S/c1-10(2)8-15(6-4-5-7-15)13(19)17-14-16-12(9-20-14)11(3)18/h9-11,18H,4-8H2,1-3H3,(H,16,17,19). The lowest BCUT2D eigenvalue weighted by Crippen LogP contribution is -2.35. The van der Waals surface area contributed by atoms with Crippen molar-refractivity contribution in [3.05, 3.63) is 11.1 Å². The highest BCUT2D eigenvalue weighted by Gasteiger charge is 2.41. The molecule has 5 heteroatoms. The number of aliphatic hydroxyl groups excluding tert-OH is 1. The second-order valence-electron chi connectivity index (χ2n) is 6.29. The first kappa shape index (κ1) is 15.4. The third-order valence-corrected chi connectivity index (χ3v) is 4.79. The SMILES string of the molecule is CC(C)CC1(C(=O)Nc2nc(C(C)O)cs2)CCCC1. The normalized spacial score (nSPS) is 19.2.